The van der Waals surface area contributed by atoms with Crippen molar-refractivity contribution in [3.05, 3.63) is 99.5 Å². The molecule has 0 radical (unpaired) electrons. The molecular weight excluding hydrogens is 419 g/mol. The third-order valence-electron chi connectivity index (χ3n) is 4.76. The molecule has 0 aliphatic carbocycles. The fourth-order valence-electron chi connectivity index (χ4n) is 3.11. The quantitative estimate of drug-likeness (QED) is 0.469. The van der Waals surface area contributed by atoms with E-state index in [0.29, 0.717) is 27.7 Å². The number of para-hydroxylation sites is 1. The Morgan fingerprint density at radius 3 is 2.20 bits per heavy atom. The van der Waals surface area contributed by atoms with E-state index in [1.807, 2.05) is 37.3 Å². The fourth-order valence-corrected chi connectivity index (χ4v) is 3.70. The van der Waals surface area contributed by atoms with E-state index in [1.54, 1.807) is 42.5 Å². The minimum absolute atomic E-state index is 0.162. The first-order chi connectivity index (χ1) is 14.5. The molecule has 1 atom stereocenters. The molecule has 6 heteroatoms. The molecule has 0 fully saturated rings. The minimum atomic E-state index is -0.253. The number of hydrogen-bond donors (Lipinski definition) is 2. The molecule has 0 saturated carbocycles. The van der Waals surface area contributed by atoms with Crippen LogP contribution in [-0.2, 0) is 11.2 Å². The molecule has 0 heterocycles. The molecule has 4 nitrogen and oxygen atoms in total. The van der Waals surface area contributed by atoms with Gasteiger partial charge in [0.05, 0.1) is 17.3 Å². The van der Waals surface area contributed by atoms with Gasteiger partial charge in [0.2, 0.25) is 5.91 Å². The number of carbonyl (C=O) groups excluding carboxylic acids is 2. The third-order valence-corrected chi connectivity index (χ3v) is 5.46. The lowest BCUT2D eigenvalue weighted by molar-refractivity contribution is -0.116. The molecule has 0 saturated heterocycles. The molecule has 2 amide bonds. The van der Waals surface area contributed by atoms with Gasteiger partial charge in [-0.2, -0.15) is 0 Å². The number of hydrogen-bond acceptors (Lipinski definition) is 2. The Kier molecular flexibility index (Phi) is 7.50. The van der Waals surface area contributed by atoms with Gasteiger partial charge in [-0.25, -0.2) is 0 Å². The van der Waals surface area contributed by atoms with Gasteiger partial charge >= 0.3 is 0 Å². The van der Waals surface area contributed by atoms with E-state index in [9.17, 15) is 9.59 Å². The summed E-state index contributed by atoms with van der Waals surface area (Å²) in [4.78, 5) is 25.3. The number of nitrogens with one attached hydrogen (secondary N) is 2. The molecule has 0 bridgehead atoms. The van der Waals surface area contributed by atoms with Gasteiger partial charge < -0.3 is 10.6 Å². The Balaban J connectivity index is 1.66. The van der Waals surface area contributed by atoms with E-state index >= 15 is 0 Å². The number of amides is 2. The van der Waals surface area contributed by atoms with Crippen molar-refractivity contribution in [1.29, 1.82) is 0 Å². The summed E-state index contributed by atoms with van der Waals surface area (Å²) in [5, 5.41) is 6.87. The highest BCUT2D eigenvalue weighted by Crippen LogP contribution is 2.26. The molecule has 3 rings (SSSR count). The van der Waals surface area contributed by atoms with Gasteiger partial charge in [-0.1, -0.05) is 71.7 Å². The zero-order valence-corrected chi connectivity index (χ0v) is 18.0. The van der Waals surface area contributed by atoms with Crippen LogP contribution in [0.3, 0.4) is 0 Å². The van der Waals surface area contributed by atoms with Gasteiger partial charge in [-0.05, 0) is 48.7 Å². The summed E-state index contributed by atoms with van der Waals surface area (Å²) in [7, 11) is 0. The van der Waals surface area contributed by atoms with Crippen LogP contribution in [0.1, 0.15) is 40.9 Å². The van der Waals surface area contributed by atoms with Crippen molar-refractivity contribution >= 4 is 40.7 Å². The smallest absolute Gasteiger partial charge is 0.253 e. The Bertz CT molecular complexity index is 1020. The van der Waals surface area contributed by atoms with Crippen LogP contribution >= 0.6 is 23.2 Å². The average molecular weight is 441 g/mol. The van der Waals surface area contributed by atoms with E-state index in [0.717, 1.165) is 11.1 Å². The molecular formula is C24H22Cl2N2O2. The summed E-state index contributed by atoms with van der Waals surface area (Å²) in [6.45, 7) is 1.92. The first-order valence-corrected chi connectivity index (χ1v) is 10.4. The van der Waals surface area contributed by atoms with Crippen LogP contribution in [-0.4, -0.2) is 11.8 Å². The molecule has 0 aliphatic heterocycles. The molecule has 0 aromatic heterocycles. The Morgan fingerprint density at radius 1 is 0.867 bits per heavy atom. The molecule has 0 aliphatic rings. The highest BCUT2D eigenvalue weighted by Gasteiger charge is 2.16. The van der Waals surface area contributed by atoms with Crippen molar-refractivity contribution in [2.24, 2.45) is 0 Å². The lowest BCUT2D eigenvalue weighted by Crippen LogP contribution is -2.28. The Morgan fingerprint density at radius 2 is 1.50 bits per heavy atom. The van der Waals surface area contributed by atoms with Crippen LogP contribution in [0.25, 0.3) is 0 Å². The van der Waals surface area contributed by atoms with Crippen LogP contribution in [0.2, 0.25) is 10.0 Å². The van der Waals surface area contributed by atoms with E-state index in [-0.39, 0.29) is 24.3 Å². The zero-order valence-electron chi connectivity index (χ0n) is 16.5. The molecule has 3 aromatic rings. The summed E-state index contributed by atoms with van der Waals surface area (Å²) in [5.41, 5.74) is 2.61. The van der Waals surface area contributed by atoms with Gasteiger partial charge in [0.15, 0.2) is 0 Å². The van der Waals surface area contributed by atoms with Crippen molar-refractivity contribution in [1.82, 2.24) is 5.32 Å². The van der Waals surface area contributed by atoms with Gasteiger partial charge in [0, 0.05) is 16.5 Å². The minimum Gasteiger partial charge on any atom is -0.345 e. The topological polar surface area (TPSA) is 58.2 Å². The fraction of sp³-hybridized carbons (Fsp3) is 0.167. The standard InChI is InChI=1S/C24H22Cl2N2O2/c1-16(17-8-3-2-4-9-17)27-24(30)19-10-5-6-13-22(19)28-23(29)15-14-18-20(25)11-7-12-21(18)26/h2-13,16H,14-15H2,1H3,(H,27,30)(H,28,29)/t16-/m0/s1. The second kappa shape index (κ2) is 10.3. The van der Waals surface area contributed by atoms with Gasteiger partial charge in [-0.3, -0.25) is 9.59 Å². The van der Waals surface area contributed by atoms with Crippen molar-refractivity contribution in [2.45, 2.75) is 25.8 Å². The SMILES string of the molecule is C[C@H](NC(=O)c1ccccc1NC(=O)CCc1c(Cl)cccc1Cl)c1ccccc1. The molecule has 154 valence electrons. The molecule has 2 N–H and O–H groups in total. The maximum Gasteiger partial charge on any atom is 0.253 e. The largest absolute Gasteiger partial charge is 0.345 e. The van der Waals surface area contributed by atoms with Crippen molar-refractivity contribution in [3.8, 4) is 0 Å². The van der Waals surface area contributed by atoms with Crippen LogP contribution in [0, 0.1) is 0 Å². The highest BCUT2D eigenvalue weighted by atomic mass is 35.5. The second-order valence-corrected chi connectivity index (χ2v) is 7.71. The normalized spacial score (nSPS) is 11.6. The van der Waals surface area contributed by atoms with Crippen molar-refractivity contribution in [2.75, 3.05) is 5.32 Å². The Labute approximate surface area is 186 Å². The Hall–Kier alpha value is -2.82. The number of rotatable bonds is 7. The molecule has 0 spiro atoms. The van der Waals surface area contributed by atoms with Gasteiger partial charge in [0.1, 0.15) is 0 Å². The number of anilines is 1. The second-order valence-electron chi connectivity index (χ2n) is 6.90. The van der Waals surface area contributed by atoms with E-state index in [2.05, 4.69) is 10.6 Å². The third kappa shape index (κ3) is 5.62. The van der Waals surface area contributed by atoms with Gasteiger partial charge in [0.25, 0.3) is 5.91 Å². The maximum absolute atomic E-state index is 12.8. The predicted octanol–water partition coefficient (Wildman–Crippen LogP) is 6.06. The molecule has 0 unspecified atom stereocenters. The molecule has 30 heavy (non-hydrogen) atoms. The molecule has 3 aromatic carbocycles. The van der Waals surface area contributed by atoms with Crippen LogP contribution in [0.4, 0.5) is 5.69 Å². The zero-order chi connectivity index (χ0) is 21.5. The van der Waals surface area contributed by atoms with Crippen molar-refractivity contribution < 1.29 is 9.59 Å². The summed E-state index contributed by atoms with van der Waals surface area (Å²) < 4.78 is 0. The number of carbonyl (C=O) groups is 2. The van der Waals surface area contributed by atoms with Crippen molar-refractivity contribution in [3.63, 3.8) is 0 Å². The summed E-state index contributed by atoms with van der Waals surface area (Å²) in [6.07, 6.45) is 0.601. The number of benzene rings is 3. The highest BCUT2D eigenvalue weighted by molar-refractivity contribution is 6.36. The van der Waals surface area contributed by atoms with E-state index < -0.39 is 0 Å². The van der Waals surface area contributed by atoms with Crippen LogP contribution in [0.5, 0.6) is 0 Å². The monoisotopic (exact) mass is 440 g/mol. The summed E-state index contributed by atoms with van der Waals surface area (Å²) in [6, 6.07) is 21.7. The van der Waals surface area contributed by atoms with Crippen LogP contribution < -0.4 is 10.6 Å². The lowest BCUT2D eigenvalue weighted by atomic mass is 10.1. The first-order valence-electron chi connectivity index (χ1n) is 9.63. The average Bonchev–Trinajstić information content (AvgIpc) is 2.74. The van der Waals surface area contributed by atoms with Gasteiger partial charge in [-0.15, -0.1) is 0 Å². The van der Waals surface area contributed by atoms with E-state index in [4.69, 9.17) is 23.2 Å². The van der Waals surface area contributed by atoms with Crippen LogP contribution in [0.15, 0.2) is 72.8 Å². The number of halogens is 2. The lowest BCUT2D eigenvalue weighted by Gasteiger charge is -2.16. The summed E-state index contributed by atoms with van der Waals surface area (Å²) in [5.74, 6) is -0.473. The predicted molar refractivity (Wildman–Crippen MR) is 122 cm³/mol. The maximum atomic E-state index is 12.8. The first kappa shape index (κ1) is 21.9. The summed E-state index contributed by atoms with van der Waals surface area (Å²) >= 11 is 12.3. The van der Waals surface area contributed by atoms with E-state index in [1.165, 1.54) is 0 Å².